The van der Waals surface area contributed by atoms with Gasteiger partial charge in [-0.05, 0) is 58.5 Å². The van der Waals surface area contributed by atoms with E-state index in [0.29, 0.717) is 11.1 Å². The molecule has 50 heavy (non-hydrogen) atoms. The van der Waals surface area contributed by atoms with Crippen LogP contribution in [-0.4, -0.2) is 15.0 Å². The Labute approximate surface area is 311 Å². The lowest BCUT2D eigenvalue weighted by molar-refractivity contribution is 0.669. The Balaban J connectivity index is 1.36. The highest BCUT2D eigenvalue weighted by atomic mass is 32.1. The predicted molar refractivity (Wildman–Crippen MR) is 207 cm³/mol. The highest BCUT2D eigenvalue weighted by Gasteiger charge is 2.20. The molecular weight excluding hydrogens is 631 g/mol. The molecule has 0 aliphatic carbocycles. The minimum Gasteiger partial charge on any atom is -0.456 e. The molecule has 0 aliphatic heterocycles. The second kappa shape index (κ2) is 11.6. The smallest absolute Gasteiger partial charge is 0.164 e. The summed E-state index contributed by atoms with van der Waals surface area (Å²) in [6.07, 6.45) is 0. The van der Waals surface area contributed by atoms with Gasteiger partial charge in [0.1, 0.15) is 11.2 Å². The molecule has 0 aliphatic rings. The lowest BCUT2D eigenvalue weighted by atomic mass is 9.91. The Bertz CT molecular complexity index is 3690. The van der Waals surface area contributed by atoms with Crippen LogP contribution in [-0.2, 0) is 0 Å². The quantitative estimate of drug-likeness (QED) is 0.183. The van der Waals surface area contributed by atoms with Gasteiger partial charge in [-0.15, -0.1) is 11.3 Å². The fourth-order valence-electron chi connectivity index (χ4n) is 6.16. The van der Waals surface area contributed by atoms with Gasteiger partial charge in [-0.25, -0.2) is 15.0 Å². The molecule has 3 heterocycles. The second-order valence-corrected chi connectivity index (χ2v) is 12.3. The largest absolute Gasteiger partial charge is 0.456 e. The van der Waals surface area contributed by atoms with Crippen LogP contribution in [0.25, 0.3) is 98.5 Å². The first-order valence-electron chi connectivity index (χ1n) is 22.5. The van der Waals surface area contributed by atoms with Crippen molar-refractivity contribution in [1.82, 2.24) is 15.0 Å². The molecule has 10 rings (SSSR count). The van der Waals surface area contributed by atoms with Crippen LogP contribution in [0, 0.1) is 0 Å². The summed E-state index contributed by atoms with van der Waals surface area (Å²) in [5.41, 5.74) is 2.48. The number of benzene rings is 7. The normalized spacial score (nSPS) is 15.5. The molecule has 0 saturated carbocycles. The van der Waals surface area contributed by atoms with Crippen molar-refractivity contribution < 1.29 is 23.6 Å². The van der Waals surface area contributed by atoms with Gasteiger partial charge in [0.2, 0.25) is 0 Å². The monoisotopic (exact) mass is 671 g/mol. The number of hydrogen-bond acceptors (Lipinski definition) is 5. The Hall–Kier alpha value is -6.43. The van der Waals surface area contributed by atoms with E-state index in [4.69, 9.17) is 34.4 Å². The van der Waals surface area contributed by atoms with Crippen molar-refractivity contribution >= 4 is 53.4 Å². The molecule has 0 unspecified atom stereocenters. The highest BCUT2D eigenvalue weighted by molar-refractivity contribution is 7.25. The zero-order chi connectivity index (χ0) is 45.2. The predicted octanol–water partition coefficient (Wildman–Crippen LogP) is 12.5. The van der Waals surface area contributed by atoms with Gasteiger partial charge < -0.3 is 4.42 Å². The average Bonchev–Trinajstić information content (AvgIpc) is 3.92. The first-order valence-corrected chi connectivity index (χ1v) is 16.3. The van der Waals surface area contributed by atoms with E-state index in [2.05, 4.69) is 0 Å². The molecule has 0 spiro atoms. The molecule has 4 nitrogen and oxygen atoms in total. The van der Waals surface area contributed by atoms with Crippen molar-refractivity contribution in [1.29, 1.82) is 0 Å². The van der Waals surface area contributed by atoms with Crippen molar-refractivity contribution in [2.24, 2.45) is 0 Å². The number of hydrogen-bond donors (Lipinski definition) is 0. The van der Waals surface area contributed by atoms with Crippen LogP contribution < -0.4 is 0 Å². The molecule has 0 atom stereocenters. The van der Waals surface area contributed by atoms with Crippen LogP contribution in [0.3, 0.4) is 0 Å². The number of rotatable bonds is 5. The highest BCUT2D eigenvalue weighted by Crippen LogP contribution is 2.42. The topological polar surface area (TPSA) is 51.8 Å². The maximum atomic E-state index is 9.58. The van der Waals surface area contributed by atoms with E-state index in [1.54, 1.807) is 12.1 Å². The fraction of sp³-hybridized carbons (Fsp3) is 0. The van der Waals surface area contributed by atoms with Gasteiger partial charge >= 0.3 is 0 Å². The summed E-state index contributed by atoms with van der Waals surface area (Å²) in [5.74, 6) is -0.702. The molecular formula is C45H27N3OS. The van der Waals surface area contributed by atoms with Gasteiger partial charge in [0.15, 0.2) is 17.5 Å². The number of para-hydroxylation sites is 1. The van der Waals surface area contributed by atoms with E-state index in [-0.39, 0.29) is 82.8 Å². The van der Waals surface area contributed by atoms with Crippen LogP contribution in [0.2, 0.25) is 0 Å². The van der Waals surface area contributed by atoms with Crippen molar-refractivity contribution in [2.75, 3.05) is 0 Å². The van der Waals surface area contributed by atoms with Crippen LogP contribution in [0.5, 0.6) is 0 Å². The summed E-state index contributed by atoms with van der Waals surface area (Å²) >= 11 is 0.869. The van der Waals surface area contributed by atoms with Crippen molar-refractivity contribution in [3.05, 3.63) is 163 Å². The number of furan rings is 1. The summed E-state index contributed by atoms with van der Waals surface area (Å²) in [6, 6.07) is 17.3. The molecule has 0 bridgehead atoms. The molecule has 7 aromatic carbocycles. The zero-order valence-corrected chi connectivity index (χ0v) is 26.5. The van der Waals surface area contributed by atoms with Gasteiger partial charge in [0.25, 0.3) is 0 Å². The SMILES string of the molecule is [2H]c1c([2H])c([2H])c2c(oc3c([2H])c([2H])c(-c4nc(-c5ccccc5-c5ccccc5-c5ccccc5)nc(-c5c([2H])c([2H])c([2H])c6sc7c([2H])c([2H])c([2H])c([2H])c7c56)n4)c([2H])c32)c1[2H]. The fourth-order valence-corrected chi connectivity index (χ4v) is 7.13. The van der Waals surface area contributed by atoms with Crippen molar-refractivity contribution in [2.45, 2.75) is 0 Å². The van der Waals surface area contributed by atoms with Crippen LogP contribution >= 0.6 is 11.3 Å². The molecule has 5 heteroatoms. The van der Waals surface area contributed by atoms with E-state index < -0.39 is 72.5 Å². The van der Waals surface area contributed by atoms with E-state index in [1.165, 1.54) is 0 Å². The third-order valence-electron chi connectivity index (χ3n) is 8.39. The Morgan fingerprint density at radius 3 is 1.90 bits per heavy atom. The molecule has 3 aromatic heterocycles. The van der Waals surface area contributed by atoms with Gasteiger partial charge in [0.05, 0.1) is 19.2 Å². The minimum atomic E-state index is -0.600. The van der Waals surface area contributed by atoms with Gasteiger partial charge in [0, 0.05) is 47.6 Å². The lowest BCUT2D eigenvalue weighted by Gasteiger charge is -2.15. The van der Waals surface area contributed by atoms with Gasteiger partial charge in [-0.3, -0.25) is 0 Å². The lowest BCUT2D eigenvalue weighted by Crippen LogP contribution is -2.01. The maximum absolute atomic E-state index is 9.58. The molecule has 234 valence electrons. The van der Waals surface area contributed by atoms with Crippen molar-refractivity contribution in [3.63, 3.8) is 0 Å². The molecule has 0 fully saturated rings. The summed E-state index contributed by atoms with van der Waals surface area (Å²) in [5, 5.41) is -0.361. The summed E-state index contributed by atoms with van der Waals surface area (Å²) in [7, 11) is 0. The number of thiophene rings is 1. The summed E-state index contributed by atoms with van der Waals surface area (Å²) in [6.45, 7) is 0. The minimum absolute atomic E-state index is 0.0140. The second-order valence-electron chi connectivity index (χ2n) is 11.3. The zero-order valence-electron chi connectivity index (χ0n) is 39.7. The van der Waals surface area contributed by atoms with Crippen LogP contribution in [0.4, 0.5) is 0 Å². The van der Waals surface area contributed by atoms with E-state index in [0.717, 1.165) is 28.0 Å². The third-order valence-corrected chi connectivity index (χ3v) is 9.41. The standard InChI is InChI=1S/C45H27N3OS/c1-2-13-28(14-3-1)30-15-4-5-16-31(30)32-17-6-7-19-34(32)44-46-43(29-25-26-39-37(27-29)33-18-8-10-22-38(33)49-39)47-45(48-44)36-21-12-24-41-42(36)35-20-9-11-23-40(35)50-41/h1-27H/i8D,9D,10D,11D,12D,18D,20D,21D,22D,23D,24D,25D,26D,27D. The molecule has 0 amide bonds. The van der Waals surface area contributed by atoms with E-state index in [1.807, 2.05) is 66.7 Å². The van der Waals surface area contributed by atoms with Crippen LogP contribution in [0.1, 0.15) is 19.2 Å². The Kier molecular flexibility index (Phi) is 4.14. The first kappa shape index (κ1) is 17.8. The Morgan fingerprint density at radius 2 is 1.06 bits per heavy atom. The number of nitrogens with zero attached hydrogens (tertiary/aromatic N) is 3. The summed E-state index contributed by atoms with van der Waals surface area (Å²) < 4.78 is 130. The first-order chi connectivity index (χ1) is 30.6. The van der Waals surface area contributed by atoms with E-state index in [9.17, 15) is 4.11 Å². The number of fused-ring (bicyclic) bond motifs is 6. The van der Waals surface area contributed by atoms with Crippen molar-refractivity contribution in [3.8, 4) is 56.4 Å². The molecule has 10 aromatic rings. The van der Waals surface area contributed by atoms with Gasteiger partial charge in [-0.2, -0.15) is 0 Å². The van der Waals surface area contributed by atoms with Crippen LogP contribution in [0.15, 0.2) is 168 Å². The third kappa shape index (κ3) is 4.71. The average molecular weight is 672 g/mol. The van der Waals surface area contributed by atoms with Gasteiger partial charge in [-0.1, -0.05) is 127 Å². The molecule has 0 radical (unpaired) electrons. The maximum Gasteiger partial charge on any atom is 0.164 e. The summed E-state index contributed by atoms with van der Waals surface area (Å²) in [4.78, 5) is 14.5. The number of aromatic nitrogens is 3. The Morgan fingerprint density at radius 1 is 0.440 bits per heavy atom. The molecule has 0 N–H and O–H groups in total. The van der Waals surface area contributed by atoms with E-state index >= 15 is 0 Å². The molecule has 0 saturated heterocycles.